The molecule has 0 fully saturated rings. The second-order valence-electron chi connectivity index (χ2n) is 4.20. The van der Waals surface area contributed by atoms with Gasteiger partial charge < -0.3 is 10.5 Å². The fourth-order valence-electron chi connectivity index (χ4n) is 2.05. The molecule has 0 radical (unpaired) electrons. The summed E-state index contributed by atoms with van der Waals surface area (Å²) >= 11 is 0. The third-order valence-electron chi connectivity index (χ3n) is 2.96. The monoisotopic (exact) mass is 255 g/mol. The number of carbonyl (C=O) groups excluding carboxylic acids is 1. The van der Waals surface area contributed by atoms with Gasteiger partial charge in [-0.1, -0.05) is 42.5 Å². The van der Waals surface area contributed by atoms with Crippen LogP contribution in [0.4, 0.5) is 0 Å². The van der Waals surface area contributed by atoms with Crippen molar-refractivity contribution in [2.75, 3.05) is 6.61 Å². The van der Waals surface area contributed by atoms with Crippen LogP contribution in [0.3, 0.4) is 0 Å². The smallest absolute Gasteiger partial charge is 0.249 e. The van der Waals surface area contributed by atoms with Crippen LogP contribution in [0.25, 0.3) is 11.1 Å². The van der Waals surface area contributed by atoms with Gasteiger partial charge >= 0.3 is 0 Å². The van der Waals surface area contributed by atoms with Gasteiger partial charge in [-0.25, -0.2) is 0 Å². The van der Waals surface area contributed by atoms with Crippen molar-refractivity contribution in [2.24, 2.45) is 5.73 Å². The third-order valence-corrected chi connectivity index (χ3v) is 2.96. The Labute approximate surface area is 113 Å². The van der Waals surface area contributed by atoms with E-state index < -0.39 is 5.91 Å². The molecular weight excluding hydrogens is 238 g/mol. The van der Waals surface area contributed by atoms with Gasteiger partial charge in [0.25, 0.3) is 0 Å². The predicted octanol–water partition coefficient (Wildman–Crippen LogP) is 2.99. The summed E-state index contributed by atoms with van der Waals surface area (Å²) in [5.74, 6) is -0.415. The molecular formula is C16H17NO2. The van der Waals surface area contributed by atoms with E-state index in [0.717, 1.165) is 16.7 Å². The molecule has 0 heterocycles. The van der Waals surface area contributed by atoms with Crippen molar-refractivity contribution in [2.45, 2.75) is 13.5 Å². The number of amides is 1. The zero-order valence-electron chi connectivity index (χ0n) is 10.9. The Morgan fingerprint density at radius 3 is 2.37 bits per heavy atom. The number of ether oxygens (including phenoxy) is 1. The summed E-state index contributed by atoms with van der Waals surface area (Å²) in [6.45, 7) is 3.14. The van der Waals surface area contributed by atoms with Gasteiger partial charge in [0.1, 0.15) is 0 Å². The summed E-state index contributed by atoms with van der Waals surface area (Å²) in [6, 6.07) is 15.3. The fourth-order valence-corrected chi connectivity index (χ4v) is 2.05. The lowest BCUT2D eigenvalue weighted by atomic mass is 9.95. The summed E-state index contributed by atoms with van der Waals surface area (Å²) in [5, 5.41) is 0. The Hall–Kier alpha value is -2.13. The first-order valence-corrected chi connectivity index (χ1v) is 6.29. The lowest BCUT2D eigenvalue weighted by molar-refractivity contribution is 0.100. The Kier molecular flexibility index (Phi) is 4.31. The van der Waals surface area contributed by atoms with Gasteiger partial charge in [0, 0.05) is 12.2 Å². The molecule has 0 aromatic heterocycles. The Morgan fingerprint density at radius 2 is 1.68 bits per heavy atom. The molecule has 0 saturated carbocycles. The maximum Gasteiger partial charge on any atom is 0.249 e. The van der Waals surface area contributed by atoms with E-state index in [1.807, 2.05) is 49.4 Å². The van der Waals surface area contributed by atoms with E-state index in [1.54, 1.807) is 6.07 Å². The molecule has 0 spiro atoms. The van der Waals surface area contributed by atoms with Crippen molar-refractivity contribution in [3.63, 3.8) is 0 Å². The first-order valence-electron chi connectivity index (χ1n) is 6.29. The quantitative estimate of drug-likeness (QED) is 0.893. The number of rotatable bonds is 5. The highest BCUT2D eigenvalue weighted by atomic mass is 16.5. The van der Waals surface area contributed by atoms with Crippen molar-refractivity contribution in [1.29, 1.82) is 0 Å². The molecule has 98 valence electrons. The predicted molar refractivity (Wildman–Crippen MR) is 75.7 cm³/mol. The van der Waals surface area contributed by atoms with E-state index >= 15 is 0 Å². The molecule has 0 atom stereocenters. The third kappa shape index (κ3) is 3.01. The highest BCUT2D eigenvalue weighted by molar-refractivity contribution is 6.00. The topological polar surface area (TPSA) is 52.3 Å². The van der Waals surface area contributed by atoms with Crippen molar-refractivity contribution >= 4 is 5.91 Å². The van der Waals surface area contributed by atoms with Gasteiger partial charge in [-0.15, -0.1) is 0 Å². The Morgan fingerprint density at radius 1 is 1.05 bits per heavy atom. The lowest BCUT2D eigenvalue weighted by Crippen LogP contribution is -2.12. The molecule has 2 aromatic rings. The van der Waals surface area contributed by atoms with Gasteiger partial charge in [-0.3, -0.25) is 4.79 Å². The molecule has 2 aromatic carbocycles. The van der Waals surface area contributed by atoms with Crippen LogP contribution in [0.2, 0.25) is 0 Å². The van der Waals surface area contributed by atoms with Crippen molar-refractivity contribution in [3.05, 3.63) is 59.7 Å². The van der Waals surface area contributed by atoms with E-state index in [4.69, 9.17) is 10.5 Å². The van der Waals surface area contributed by atoms with Gasteiger partial charge in [0.05, 0.1) is 6.61 Å². The second kappa shape index (κ2) is 6.16. The highest BCUT2D eigenvalue weighted by Gasteiger charge is 2.12. The molecule has 3 heteroatoms. The molecule has 2 N–H and O–H groups in total. The maximum absolute atomic E-state index is 11.5. The number of hydrogen-bond donors (Lipinski definition) is 1. The number of primary amides is 1. The van der Waals surface area contributed by atoms with Crippen LogP contribution in [0.15, 0.2) is 48.5 Å². The molecule has 0 bridgehead atoms. The SMILES string of the molecule is CCOCc1ccccc1-c1ccccc1C(N)=O. The minimum Gasteiger partial charge on any atom is -0.377 e. The van der Waals surface area contributed by atoms with Crippen molar-refractivity contribution < 1.29 is 9.53 Å². The average Bonchev–Trinajstić information content (AvgIpc) is 2.45. The van der Waals surface area contributed by atoms with Gasteiger partial charge in [0.2, 0.25) is 5.91 Å². The van der Waals surface area contributed by atoms with E-state index in [1.165, 1.54) is 0 Å². The molecule has 0 saturated heterocycles. The van der Waals surface area contributed by atoms with Crippen LogP contribution in [0.5, 0.6) is 0 Å². The fraction of sp³-hybridized carbons (Fsp3) is 0.188. The molecule has 0 aliphatic heterocycles. The maximum atomic E-state index is 11.5. The van der Waals surface area contributed by atoms with E-state index in [0.29, 0.717) is 18.8 Å². The first-order chi connectivity index (χ1) is 9.24. The molecule has 2 rings (SSSR count). The molecule has 0 aliphatic rings. The van der Waals surface area contributed by atoms with Crippen LogP contribution < -0.4 is 5.73 Å². The number of carbonyl (C=O) groups is 1. The molecule has 0 unspecified atom stereocenters. The van der Waals surface area contributed by atoms with Crippen LogP contribution in [-0.2, 0) is 11.3 Å². The van der Waals surface area contributed by atoms with Crippen LogP contribution in [0.1, 0.15) is 22.8 Å². The van der Waals surface area contributed by atoms with Crippen molar-refractivity contribution in [3.8, 4) is 11.1 Å². The lowest BCUT2D eigenvalue weighted by Gasteiger charge is -2.12. The summed E-state index contributed by atoms with van der Waals surface area (Å²) in [6.07, 6.45) is 0. The van der Waals surface area contributed by atoms with Gasteiger partial charge in [0.15, 0.2) is 0 Å². The average molecular weight is 255 g/mol. The summed E-state index contributed by atoms with van der Waals surface area (Å²) in [4.78, 5) is 11.5. The number of nitrogens with two attached hydrogens (primary N) is 1. The van der Waals surface area contributed by atoms with E-state index in [-0.39, 0.29) is 0 Å². The van der Waals surface area contributed by atoms with Crippen LogP contribution in [-0.4, -0.2) is 12.5 Å². The van der Waals surface area contributed by atoms with E-state index in [2.05, 4.69) is 0 Å². The molecule has 3 nitrogen and oxygen atoms in total. The summed E-state index contributed by atoms with van der Waals surface area (Å²) in [5.41, 5.74) is 8.86. The highest BCUT2D eigenvalue weighted by Crippen LogP contribution is 2.27. The summed E-state index contributed by atoms with van der Waals surface area (Å²) in [7, 11) is 0. The van der Waals surface area contributed by atoms with Crippen molar-refractivity contribution in [1.82, 2.24) is 0 Å². The standard InChI is InChI=1S/C16H17NO2/c1-2-19-11-12-7-3-4-8-13(12)14-9-5-6-10-15(14)16(17)18/h3-10H,2,11H2,1H3,(H2,17,18). The minimum absolute atomic E-state index is 0.415. The Bertz CT molecular complexity index is 578. The number of benzene rings is 2. The van der Waals surface area contributed by atoms with Gasteiger partial charge in [-0.05, 0) is 29.7 Å². The minimum atomic E-state index is -0.415. The largest absolute Gasteiger partial charge is 0.377 e. The molecule has 19 heavy (non-hydrogen) atoms. The zero-order chi connectivity index (χ0) is 13.7. The van der Waals surface area contributed by atoms with Gasteiger partial charge in [-0.2, -0.15) is 0 Å². The second-order valence-corrected chi connectivity index (χ2v) is 4.20. The van der Waals surface area contributed by atoms with Crippen LogP contribution in [0, 0.1) is 0 Å². The van der Waals surface area contributed by atoms with E-state index in [9.17, 15) is 4.79 Å². The van der Waals surface area contributed by atoms with Crippen LogP contribution >= 0.6 is 0 Å². The molecule has 1 amide bonds. The number of hydrogen-bond acceptors (Lipinski definition) is 2. The summed E-state index contributed by atoms with van der Waals surface area (Å²) < 4.78 is 5.47. The normalized spacial score (nSPS) is 10.4. The zero-order valence-corrected chi connectivity index (χ0v) is 10.9. The first kappa shape index (κ1) is 13.3. The molecule has 0 aliphatic carbocycles. The Balaban J connectivity index is 2.50.